The molecule has 0 radical (unpaired) electrons. The summed E-state index contributed by atoms with van der Waals surface area (Å²) in [4.78, 5) is 21.8. The molecule has 0 heterocycles. The Morgan fingerprint density at radius 3 is 2.31 bits per heavy atom. The molecule has 2 amide bonds. The van der Waals surface area contributed by atoms with Crippen molar-refractivity contribution in [3.8, 4) is 0 Å². The third-order valence-corrected chi connectivity index (χ3v) is 2.03. The predicted molar refractivity (Wildman–Crippen MR) is 60.4 cm³/mol. The van der Waals surface area contributed by atoms with Gasteiger partial charge in [0.25, 0.3) is 0 Å². The number of urea groups is 1. The molecule has 5 heteroatoms. The molecule has 0 spiro atoms. The minimum atomic E-state index is -1.07. The Hall–Kier alpha value is -2.04. The minimum Gasteiger partial charge on any atom is -0.480 e. The van der Waals surface area contributed by atoms with Crippen LogP contribution in [0.2, 0.25) is 0 Å². The Balaban J connectivity index is 2.52. The third-order valence-electron chi connectivity index (χ3n) is 2.03. The molecule has 86 valence electrons. The maximum absolute atomic E-state index is 11.3. The molecule has 0 fully saturated rings. The van der Waals surface area contributed by atoms with Crippen LogP contribution in [0.15, 0.2) is 24.3 Å². The first kappa shape index (κ1) is 12.0. The van der Waals surface area contributed by atoms with Crippen LogP contribution >= 0.6 is 0 Å². The lowest BCUT2D eigenvalue weighted by Gasteiger charge is -2.10. The zero-order valence-corrected chi connectivity index (χ0v) is 9.15. The number of carbonyl (C=O) groups excluding carboxylic acids is 1. The van der Waals surface area contributed by atoms with Gasteiger partial charge in [0.1, 0.15) is 6.04 Å². The van der Waals surface area contributed by atoms with Gasteiger partial charge in [-0.1, -0.05) is 17.7 Å². The lowest BCUT2D eigenvalue weighted by Crippen LogP contribution is -2.40. The summed E-state index contributed by atoms with van der Waals surface area (Å²) in [6.45, 7) is 3.34. The number of carboxylic acid groups (broad SMARTS) is 1. The van der Waals surface area contributed by atoms with Gasteiger partial charge in [0.2, 0.25) is 0 Å². The maximum atomic E-state index is 11.3. The van der Waals surface area contributed by atoms with Crippen LogP contribution in [-0.4, -0.2) is 23.1 Å². The van der Waals surface area contributed by atoms with Crippen molar-refractivity contribution in [1.82, 2.24) is 5.32 Å². The number of aryl methyl sites for hydroxylation is 1. The first-order valence-electron chi connectivity index (χ1n) is 4.86. The Morgan fingerprint density at radius 1 is 1.25 bits per heavy atom. The van der Waals surface area contributed by atoms with Crippen molar-refractivity contribution in [1.29, 1.82) is 0 Å². The van der Waals surface area contributed by atoms with Crippen LogP contribution in [0, 0.1) is 6.92 Å². The predicted octanol–water partition coefficient (Wildman–Crippen LogP) is 1.59. The van der Waals surface area contributed by atoms with Crippen molar-refractivity contribution >= 4 is 17.7 Å². The zero-order valence-electron chi connectivity index (χ0n) is 9.15. The number of rotatable bonds is 3. The smallest absolute Gasteiger partial charge is 0.325 e. The van der Waals surface area contributed by atoms with Gasteiger partial charge in [-0.2, -0.15) is 0 Å². The van der Waals surface area contributed by atoms with Crippen LogP contribution in [0.25, 0.3) is 0 Å². The Kier molecular flexibility index (Phi) is 3.88. The lowest BCUT2D eigenvalue weighted by molar-refractivity contribution is -0.138. The summed E-state index contributed by atoms with van der Waals surface area (Å²) in [6.07, 6.45) is 0. The fourth-order valence-corrected chi connectivity index (χ4v) is 1.06. The van der Waals surface area contributed by atoms with Crippen LogP contribution in [0.1, 0.15) is 12.5 Å². The lowest BCUT2D eigenvalue weighted by atomic mass is 10.2. The third kappa shape index (κ3) is 3.61. The van der Waals surface area contributed by atoms with Gasteiger partial charge in [-0.15, -0.1) is 0 Å². The quantitative estimate of drug-likeness (QED) is 0.726. The number of carboxylic acids is 1. The largest absolute Gasteiger partial charge is 0.480 e. The summed E-state index contributed by atoms with van der Waals surface area (Å²) in [6, 6.07) is 5.77. The Morgan fingerprint density at radius 2 is 1.81 bits per heavy atom. The van der Waals surface area contributed by atoms with Crippen molar-refractivity contribution in [3.05, 3.63) is 29.8 Å². The molecule has 1 aromatic rings. The maximum Gasteiger partial charge on any atom is 0.325 e. The molecule has 5 nitrogen and oxygen atoms in total. The highest BCUT2D eigenvalue weighted by Gasteiger charge is 2.13. The highest BCUT2D eigenvalue weighted by atomic mass is 16.4. The number of aliphatic carboxylic acids is 1. The number of amides is 2. The molecule has 0 saturated heterocycles. The normalized spacial score (nSPS) is 11.6. The minimum absolute atomic E-state index is 0.529. The van der Waals surface area contributed by atoms with E-state index in [0.717, 1.165) is 5.56 Å². The van der Waals surface area contributed by atoms with E-state index in [1.807, 2.05) is 19.1 Å². The van der Waals surface area contributed by atoms with Gasteiger partial charge in [0.05, 0.1) is 0 Å². The van der Waals surface area contributed by atoms with E-state index in [4.69, 9.17) is 5.11 Å². The highest BCUT2D eigenvalue weighted by molar-refractivity contribution is 5.92. The van der Waals surface area contributed by atoms with Crippen molar-refractivity contribution in [2.75, 3.05) is 5.32 Å². The van der Waals surface area contributed by atoms with Gasteiger partial charge in [-0.3, -0.25) is 4.79 Å². The standard InChI is InChI=1S/C11H14N2O3/c1-7-3-5-9(6-4-7)13-11(16)12-8(2)10(14)15/h3-6,8H,1-2H3,(H,14,15)(H2,12,13,16)/t8-/m1/s1. The molecule has 0 unspecified atom stereocenters. The first-order valence-corrected chi connectivity index (χ1v) is 4.86. The fourth-order valence-electron chi connectivity index (χ4n) is 1.06. The highest BCUT2D eigenvalue weighted by Crippen LogP contribution is 2.08. The second kappa shape index (κ2) is 5.16. The molecule has 0 aromatic heterocycles. The van der Waals surface area contributed by atoms with Crippen LogP contribution in [0.5, 0.6) is 0 Å². The number of benzene rings is 1. The summed E-state index contributed by atoms with van der Waals surface area (Å²) >= 11 is 0. The van der Waals surface area contributed by atoms with Crippen molar-refractivity contribution in [2.45, 2.75) is 19.9 Å². The zero-order chi connectivity index (χ0) is 12.1. The van der Waals surface area contributed by atoms with E-state index in [1.54, 1.807) is 12.1 Å². The molecule has 1 atom stereocenters. The summed E-state index contributed by atoms with van der Waals surface area (Å²) in [5.74, 6) is -1.07. The van der Waals surface area contributed by atoms with Crippen LogP contribution in [0.4, 0.5) is 10.5 Å². The monoisotopic (exact) mass is 222 g/mol. The molecule has 0 aliphatic carbocycles. The summed E-state index contributed by atoms with van der Waals surface area (Å²) in [5.41, 5.74) is 1.71. The molecule has 1 aromatic carbocycles. The van der Waals surface area contributed by atoms with Crippen molar-refractivity contribution in [3.63, 3.8) is 0 Å². The van der Waals surface area contributed by atoms with Gasteiger partial charge < -0.3 is 15.7 Å². The SMILES string of the molecule is Cc1ccc(NC(=O)N[C@H](C)C(=O)O)cc1. The average molecular weight is 222 g/mol. The molecular weight excluding hydrogens is 208 g/mol. The second-order valence-corrected chi connectivity index (χ2v) is 3.52. The number of hydrogen-bond acceptors (Lipinski definition) is 2. The van der Waals surface area contributed by atoms with Crippen LogP contribution in [-0.2, 0) is 4.79 Å². The average Bonchev–Trinajstić information content (AvgIpc) is 2.21. The van der Waals surface area contributed by atoms with E-state index in [0.29, 0.717) is 5.69 Å². The van der Waals surface area contributed by atoms with Crippen molar-refractivity contribution < 1.29 is 14.7 Å². The van der Waals surface area contributed by atoms with Gasteiger partial charge in [-0.25, -0.2) is 4.79 Å². The number of nitrogens with one attached hydrogen (secondary N) is 2. The fraction of sp³-hybridized carbons (Fsp3) is 0.273. The summed E-state index contributed by atoms with van der Waals surface area (Å²) in [7, 11) is 0. The summed E-state index contributed by atoms with van der Waals surface area (Å²) in [5, 5.41) is 13.4. The number of hydrogen-bond donors (Lipinski definition) is 3. The number of anilines is 1. The Labute approximate surface area is 93.5 Å². The molecule has 1 rings (SSSR count). The molecule has 0 saturated carbocycles. The second-order valence-electron chi connectivity index (χ2n) is 3.52. The molecule has 0 bridgehead atoms. The molecular formula is C11H14N2O3. The van der Waals surface area contributed by atoms with Crippen LogP contribution in [0.3, 0.4) is 0 Å². The molecule has 3 N–H and O–H groups in total. The first-order chi connectivity index (χ1) is 7.49. The molecule has 16 heavy (non-hydrogen) atoms. The topological polar surface area (TPSA) is 78.4 Å². The van der Waals surface area contributed by atoms with Gasteiger partial charge in [-0.05, 0) is 26.0 Å². The number of carbonyl (C=O) groups is 2. The van der Waals surface area contributed by atoms with Crippen LogP contribution < -0.4 is 10.6 Å². The van der Waals surface area contributed by atoms with E-state index < -0.39 is 18.0 Å². The van der Waals surface area contributed by atoms with E-state index in [1.165, 1.54) is 6.92 Å². The van der Waals surface area contributed by atoms with Gasteiger partial charge >= 0.3 is 12.0 Å². The Bertz CT molecular complexity index is 387. The van der Waals surface area contributed by atoms with Gasteiger partial charge in [0, 0.05) is 5.69 Å². The van der Waals surface area contributed by atoms with Crippen molar-refractivity contribution in [2.24, 2.45) is 0 Å². The van der Waals surface area contributed by atoms with E-state index in [2.05, 4.69) is 10.6 Å². The van der Waals surface area contributed by atoms with Gasteiger partial charge in [0.15, 0.2) is 0 Å². The van der Waals surface area contributed by atoms with E-state index in [-0.39, 0.29) is 0 Å². The summed E-state index contributed by atoms with van der Waals surface area (Å²) < 4.78 is 0. The molecule has 0 aliphatic rings. The van der Waals surface area contributed by atoms with E-state index >= 15 is 0 Å². The molecule has 0 aliphatic heterocycles. The van der Waals surface area contributed by atoms with E-state index in [9.17, 15) is 9.59 Å².